The molecule has 0 radical (unpaired) electrons. The van der Waals surface area contributed by atoms with Crippen LogP contribution in [0.15, 0.2) is 45.3 Å². The number of benzene rings is 1. The van der Waals surface area contributed by atoms with E-state index >= 15 is 0 Å². The zero-order chi connectivity index (χ0) is 16.9. The topological polar surface area (TPSA) is 83.7 Å². The molecule has 7 heteroatoms. The fourth-order valence-corrected chi connectivity index (χ4v) is 2.91. The average molecular weight is 395 g/mol. The number of amides is 1. The van der Waals surface area contributed by atoms with Crippen molar-refractivity contribution in [1.29, 1.82) is 0 Å². The first-order chi connectivity index (χ1) is 11.6. The standard InChI is InChI=1S/C17H19BrN2O4/c18-12-2-1-3-13(6-12)23-10-14-4-5-16(24-14)17(22)20-8-11-7-19-9-15(11)21/h1-6,11,15,19,21H,7-10H2,(H,20,22). The molecule has 0 saturated carbocycles. The third-order valence-electron chi connectivity index (χ3n) is 3.89. The van der Waals surface area contributed by atoms with Gasteiger partial charge in [-0.05, 0) is 30.3 Å². The van der Waals surface area contributed by atoms with Gasteiger partial charge in [0.15, 0.2) is 5.76 Å². The Bertz CT molecular complexity index is 703. The van der Waals surface area contributed by atoms with Gasteiger partial charge in [-0.2, -0.15) is 0 Å². The maximum absolute atomic E-state index is 12.1. The minimum absolute atomic E-state index is 0.0308. The molecule has 1 aliphatic heterocycles. The van der Waals surface area contributed by atoms with Crippen molar-refractivity contribution < 1.29 is 19.1 Å². The molecule has 1 aromatic carbocycles. The van der Waals surface area contributed by atoms with Crippen molar-refractivity contribution in [3.8, 4) is 5.75 Å². The fourth-order valence-electron chi connectivity index (χ4n) is 2.53. The van der Waals surface area contributed by atoms with Crippen molar-refractivity contribution in [2.45, 2.75) is 12.7 Å². The highest BCUT2D eigenvalue weighted by atomic mass is 79.9. The van der Waals surface area contributed by atoms with Gasteiger partial charge < -0.3 is 24.9 Å². The smallest absolute Gasteiger partial charge is 0.287 e. The molecule has 0 aliphatic carbocycles. The maximum Gasteiger partial charge on any atom is 0.287 e. The van der Waals surface area contributed by atoms with Gasteiger partial charge in [-0.3, -0.25) is 4.79 Å². The van der Waals surface area contributed by atoms with E-state index in [0.717, 1.165) is 10.2 Å². The molecule has 2 atom stereocenters. The van der Waals surface area contributed by atoms with E-state index in [-0.39, 0.29) is 24.2 Å². The summed E-state index contributed by atoms with van der Waals surface area (Å²) >= 11 is 3.38. The van der Waals surface area contributed by atoms with E-state index in [9.17, 15) is 9.90 Å². The number of carbonyl (C=O) groups excluding carboxylic acids is 1. The van der Waals surface area contributed by atoms with E-state index in [0.29, 0.717) is 25.4 Å². The van der Waals surface area contributed by atoms with Gasteiger partial charge >= 0.3 is 0 Å². The number of nitrogens with one attached hydrogen (secondary N) is 2. The summed E-state index contributed by atoms with van der Waals surface area (Å²) in [5.74, 6) is 1.27. The Balaban J connectivity index is 1.50. The Labute approximate surface area is 148 Å². The molecule has 0 spiro atoms. The maximum atomic E-state index is 12.1. The Morgan fingerprint density at radius 3 is 3.00 bits per heavy atom. The van der Waals surface area contributed by atoms with Crippen LogP contribution in [-0.2, 0) is 6.61 Å². The quantitative estimate of drug-likeness (QED) is 0.696. The highest BCUT2D eigenvalue weighted by molar-refractivity contribution is 9.10. The highest BCUT2D eigenvalue weighted by Crippen LogP contribution is 2.19. The lowest BCUT2D eigenvalue weighted by molar-refractivity contribution is 0.0896. The lowest BCUT2D eigenvalue weighted by Gasteiger charge is -2.13. The molecular formula is C17H19BrN2O4. The van der Waals surface area contributed by atoms with E-state index in [2.05, 4.69) is 26.6 Å². The van der Waals surface area contributed by atoms with E-state index in [1.807, 2.05) is 24.3 Å². The van der Waals surface area contributed by atoms with E-state index in [1.54, 1.807) is 12.1 Å². The minimum atomic E-state index is -0.420. The number of rotatable bonds is 6. The van der Waals surface area contributed by atoms with Crippen LogP contribution in [0.3, 0.4) is 0 Å². The largest absolute Gasteiger partial charge is 0.486 e. The number of aliphatic hydroxyl groups excluding tert-OH is 1. The number of β-amino-alcohol motifs (C(OH)–C–C–N with tert-alkyl or cyclic N) is 1. The second-order valence-electron chi connectivity index (χ2n) is 5.71. The zero-order valence-corrected chi connectivity index (χ0v) is 14.6. The minimum Gasteiger partial charge on any atom is -0.486 e. The van der Waals surface area contributed by atoms with Gasteiger partial charge in [0.1, 0.15) is 18.1 Å². The molecule has 1 fully saturated rings. The van der Waals surface area contributed by atoms with Crippen LogP contribution in [0.1, 0.15) is 16.3 Å². The van der Waals surface area contributed by atoms with E-state index < -0.39 is 6.10 Å². The molecule has 0 bridgehead atoms. The molecule has 1 saturated heterocycles. The Morgan fingerprint density at radius 1 is 1.38 bits per heavy atom. The molecule has 6 nitrogen and oxygen atoms in total. The Hall–Kier alpha value is -1.83. The summed E-state index contributed by atoms with van der Waals surface area (Å²) in [6, 6.07) is 10.8. The van der Waals surface area contributed by atoms with Crippen LogP contribution in [0, 0.1) is 5.92 Å². The van der Waals surface area contributed by atoms with Crippen molar-refractivity contribution >= 4 is 21.8 Å². The van der Waals surface area contributed by atoms with Crippen molar-refractivity contribution in [2.75, 3.05) is 19.6 Å². The second kappa shape index (κ2) is 7.83. The number of aliphatic hydroxyl groups is 1. The fraction of sp³-hybridized carbons (Fsp3) is 0.353. The monoisotopic (exact) mass is 394 g/mol. The summed E-state index contributed by atoms with van der Waals surface area (Å²) in [7, 11) is 0. The first-order valence-electron chi connectivity index (χ1n) is 7.76. The molecule has 2 heterocycles. The lowest BCUT2D eigenvalue weighted by atomic mass is 10.1. The van der Waals surface area contributed by atoms with Crippen molar-refractivity contribution in [3.05, 3.63) is 52.4 Å². The normalized spacial score (nSPS) is 20.1. The molecule has 1 amide bonds. The summed E-state index contributed by atoms with van der Waals surface area (Å²) in [5, 5.41) is 15.6. The summed E-state index contributed by atoms with van der Waals surface area (Å²) in [5.41, 5.74) is 0. The SMILES string of the molecule is O=C(NCC1CNCC1O)c1ccc(COc2cccc(Br)c2)o1. The van der Waals surface area contributed by atoms with Crippen LogP contribution in [-0.4, -0.2) is 36.8 Å². The van der Waals surface area contributed by atoms with Gasteiger partial charge in [0.05, 0.1) is 6.10 Å². The van der Waals surface area contributed by atoms with Crippen LogP contribution in [0.25, 0.3) is 0 Å². The molecule has 2 aromatic rings. The highest BCUT2D eigenvalue weighted by Gasteiger charge is 2.25. The average Bonchev–Trinajstić information content (AvgIpc) is 3.20. The van der Waals surface area contributed by atoms with Gasteiger partial charge in [-0.1, -0.05) is 22.0 Å². The van der Waals surface area contributed by atoms with Crippen LogP contribution >= 0.6 is 15.9 Å². The molecule has 1 aromatic heterocycles. The third kappa shape index (κ3) is 4.37. The lowest BCUT2D eigenvalue weighted by Crippen LogP contribution is -2.34. The van der Waals surface area contributed by atoms with Crippen molar-refractivity contribution in [2.24, 2.45) is 5.92 Å². The van der Waals surface area contributed by atoms with Crippen LogP contribution in [0.5, 0.6) is 5.75 Å². The Morgan fingerprint density at radius 2 is 2.25 bits per heavy atom. The first kappa shape index (κ1) is 17.0. The molecule has 128 valence electrons. The summed E-state index contributed by atoms with van der Waals surface area (Å²) in [4.78, 5) is 12.1. The number of hydrogen-bond donors (Lipinski definition) is 3. The number of halogens is 1. The van der Waals surface area contributed by atoms with Crippen LogP contribution in [0.2, 0.25) is 0 Å². The third-order valence-corrected chi connectivity index (χ3v) is 4.38. The molecular weight excluding hydrogens is 376 g/mol. The molecule has 3 rings (SSSR count). The number of hydrogen-bond acceptors (Lipinski definition) is 5. The van der Waals surface area contributed by atoms with Gasteiger partial charge in [-0.15, -0.1) is 0 Å². The first-order valence-corrected chi connectivity index (χ1v) is 8.55. The molecule has 2 unspecified atom stereocenters. The predicted molar refractivity (Wildman–Crippen MR) is 91.9 cm³/mol. The van der Waals surface area contributed by atoms with Crippen molar-refractivity contribution in [1.82, 2.24) is 10.6 Å². The molecule has 3 N–H and O–H groups in total. The summed E-state index contributed by atoms with van der Waals surface area (Å²) in [6.07, 6.45) is -0.420. The van der Waals surface area contributed by atoms with Gasteiger partial charge in [0, 0.05) is 30.0 Å². The number of carbonyl (C=O) groups is 1. The number of furan rings is 1. The summed E-state index contributed by atoms with van der Waals surface area (Å²) in [6.45, 7) is 1.93. The zero-order valence-electron chi connectivity index (χ0n) is 13.0. The van der Waals surface area contributed by atoms with Crippen LogP contribution in [0.4, 0.5) is 0 Å². The van der Waals surface area contributed by atoms with Gasteiger partial charge in [-0.25, -0.2) is 0 Å². The second-order valence-corrected chi connectivity index (χ2v) is 6.62. The summed E-state index contributed by atoms with van der Waals surface area (Å²) < 4.78 is 12.1. The predicted octanol–water partition coefficient (Wildman–Crippen LogP) is 1.93. The molecule has 24 heavy (non-hydrogen) atoms. The van der Waals surface area contributed by atoms with Crippen LogP contribution < -0.4 is 15.4 Å². The number of ether oxygens (including phenoxy) is 1. The van der Waals surface area contributed by atoms with E-state index in [1.165, 1.54) is 0 Å². The Kier molecular flexibility index (Phi) is 5.55. The molecule has 1 aliphatic rings. The van der Waals surface area contributed by atoms with E-state index in [4.69, 9.17) is 9.15 Å². The van der Waals surface area contributed by atoms with Crippen molar-refractivity contribution in [3.63, 3.8) is 0 Å². The van der Waals surface area contributed by atoms with Gasteiger partial charge in [0.25, 0.3) is 5.91 Å². The van der Waals surface area contributed by atoms with Gasteiger partial charge in [0.2, 0.25) is 0 Å².